The number of aromatic nitrogens is 2. The van der Waals surface area contributed by atoms with E-state index in [2.05, 4.69) is 27.8 Å². The quantitative estimate of drug-likeness (QED) is 0.530. The van der Waals surface area contributed by atoms with E-state index < -0.39 is 11.7 Å². The molecule has 3 aromatic rings. The van der Waals surface area contributed by atoms with E-state index in [1.165, 1.54) is 23.8 Å². The summed E-state index contributed by atoms with van der Waals surface area (Å²) in [6.07, 6.45) is -3.86. The first-order valence-corrected chi connectivity index (χ1v) is 10.5. The number of nitrogens with one attached hydrogen (secondary N) is 1. The SMILES string of the molecule is Cc1ccc(CC2CONC(c3cc(Cl)nnc3Oc3cccc(C(F)(F)F)c3)=N2)c(C)c1. The highest BCUT2D eigenvalue weighted by Gasteiger charge is 2.31. The molecule has 1 atom stereocenters. The van der Waals surface area contributed by atoms with Gasteiger partial charge in [0.2, 0.25) is 5.88 Å². The molecule has 1 aromatic heterocycles. The Morgan fingerprint density at radius 3 is 2.70 bits per heavy atom. The summed E-state index contributed by atoms with van der Waals surface area (Å²) in [5.74, 6) is 0.197. The molecule has 1 N–H and O–H groups in total. The van der Waals surface area contributed by atoms with Crippen LogP contribution in [0, 0.1) is 13.8 Å². The van der Waals surface area contributed by atoms with Gasteiger partial charge in [-0.25, -0.2) is 5.48 Å². The number of amidine groups is 1. The predicted molar refractivity (Wildman–Crippen MR) is 118 cm³/mol. The Kier molecular flexibility index (Phi) is 6.53. The van der Waals surface area contributed by atoms with Crippen LogP contribution < -0.4 is 10.2 Å². The molecule has 0 aliphatic carbocycles. The fourth-order valence-corrected chi connectivity index (χ4v) is 3.61. The lowest BCUT2D eigenvalue weighted by molar-refractivity contribution is -0.137. The number of benzene rings is 2. The topological polar surface area (TPSA) is 68.6 Å². The van der Waals surface area contributed by atoms with Gasteiger partial charge in [0.15, 0.2) is 11.0 Å². The lowest BCUT2D eigenvalue weighted by atomic mass is 9.99. The van der Waals surface area contributed by atoms with Gasteiger partial charge >= 0.3 is 6.18 Å². The minimum atomic E-state index is -4.50. The zero-order chi connectivity index (χ0) is 23.6. The maximum absolute atomic E-state index is 13.1. The molecular formula is C23H20ClF3N4O2. The number of nitrogens with zero attached hydrogens (tertiary/aromatic N) is 3. The van der Waals surface area contributed by atoms with Crippen molar-refractivity contribution in [2.24, 2.45) is 4.99 Å². The Bertz CT molecular complexity index is 1200. The third-order valence-corrected chi connectivity index (χ3v) is 5.26. The van der Waals surface area contributed by atoms with Gasteiger partial charge in [-0.3, -0.25) is 9.83 Å². The number of rotatable bonds is 5. The molecule has 0 amide bonds. The molecular weight excluding hydrogens is 457 g/mol. The van der Waals surface area contributed by atoms with Crippen LogP contribution in [0.1, 0.15) is 27.8 Å². The van der Waals surface area contributed by atoms with Crippen LogP contribution in [0.3, 0.4) is 0 Å². The number of aryl methyl sites for hydroxylation is 2. The molecule has 0 fully saturated rings. The minimum absolute atomic E-state index is 0.0492. The fraction of sp³-hybridized carbons (Fsp3) is 0.261. The Labute approximate surface area is 193 Å². The molecule has 172 valence electrons. The summed E-state index contributed by atoms with van der Waals surface area (Å²) in [5.41, 5.74) is 5.69. The van der Waals surface area contributed by atoms with E-state index in [4.69, 9.17) is 26.2 Å². The van der Waals surface area contributed by atoms with Crippen LogP contribution in [0.15, 0.2) is 53.5 Å². The van der Waals surface area contributed by atoms with E-state index in [1.807, 2.05) is 19.9 Å². The third-order valence-electron chi connectivity index (χ3n) is 5.07. The summed E-state index contributed by atoms with van der Waals surface area (Å²) in [5, 5.41) is 7.74. The van der Waals surface area contributed by atoms with Crippen LogP contribution in [0.2, 0.25) is 5.15 Å². The minimum Gasteiger partial charge on any atom is -0.437 e. The first-order chi connectivity index (χ1) is 15.7. The summed E-state index contributed by atoms with van der Waals surface area (Å²) in [4.78, 5) is 10.2. The van der Waals surface area contributed by atoms with Gasteiger partial charge in [0.1, 0.15) is 5.75 Å². The summed E-state index contributed by atoms with van der Waals surface area (Å²) in [6, 6.07) is 12.0. The highest BCUT2D eigenvalue weighted by atomic mass is 35.5. The number of ether oxygens (including phenoxy) is 1. The largest absolute Gasteiger partial charge is 0.437 e. The monoisotopic (exact) mass is 476 g/mol. The van der Waals surface area contributed by atoms with E-state index in [0.29, 0.717) is 24.4 Å². The van der Waals surface area contributed by atoms with Crippen molar-refractivity contribution in [1.82, 2.24) is 15.7 Å². The summed E-state index contributed by atoms with van der Waals surface area (Å²) >= 11 is 6.02. The molecule has 0 spiro atoms. The second-order valence-corrected chi connectivity index (χ2v) is 8.08. The van der Waals surface area contributed by atoms with Gasteiger partial charge in [-0.2, -0.15) is 13.2 Å². The molecule has 0 saturated carbocycles. The predicted octanol–water partition coefficient (Wildman–Crippen LogP) is 5.45. The smallest absolute Gasteiger partial charge is 0.416 e. The zero-order valence-corrected chi connectivity index (χ0v) is 18.5. The molecule has 1 unspecified atom stereocenters. The number of aliphatic imine (C=N–C) groups is 1. The van der Waals surface area contributed by atoms with Crippen molar-refractivity contribution in [3.63, 3.8) is 0 Å². The van der Waals surface area contributed by atoms with Crippen LogP contribution in [-0.4, -0.2) is 28.7 Å². The van der Waals surface area contributed by atoms with Gasteiger partial charge in [-0.05, 0) is 55.7 Å². The molecule has 4 rings (SSSR count). The van der Waals surface area contributed by atoms with Crippen molar-refractivity contribution in [2.75, 3.05) is 6.61 Å². The summed E-state index contributed by atoms with van der Waals surface area (Å²) < 4.78 is 44.8. The van der Waals surface area contributed by atoms with Crippen LogP contribution in [0.25, 0.3) is 0 Å². The molecule has 33 heavy (non-hydrogen) atoms. The molecule has 10 heteroatoms. The van der Waals surface area contributed by atoms with Crippen LogP contribution in [0.4, 0.5) is 13.2 Å². The Morgan fingerprint density at radius 1 is 1.12 bits per heavy atom. The first kappa shape index (κ1) is 23.0. The van der Waals surface area contributed by atoms with Gasteiger partial charge < -0.3 is 4.74 Å². The van der Waals surface area contributed by atoms with Crippen molar-refractivity contribution < 1.29 is 22.7 Å². The van der Waals surface area contributed by atoms with Crippen molar-refractivity contribution in [3.05, 3.63) is 81.5 Å². The third kappa shape index (κ3) is 5.61. The molecule has 1 aliphatic rings. The van der Waals surface area contributed by atoms with Gasteiger partial charge in [0.05, 0.1) is 23.8 Å². The zero-order valence-electron chi connectivity index (χ0n) is 17.8. The molecule has 2 heterocycles. The number of hydrogen-bond acceptors (Lipinski definition) is 6. The van der Waals surface area contributed by atoms with Crippen LogP contribution in [-0.2, 0) is 17.4 Å². The number of hydroxylamine groups is 1. The molecule has 2 aromatic carbocycles. The Morgan fingerprint density at radius 2 is 1.94 bits per heavy atom. The van der Waals surface area contributed by atoms with Crippen molar-refractivity contribution in [1.29, 1.82) is 0 Å². The lowest BCUT2D eigenvalue weighted by Crippen LogP contribution is -2.37. The van der Waals surface area contributed by atoms with Gasteiger partial charge in [-0.1, -0.05) is 41.4 Å². The molecule has 0 bridgehead atoms. The van der Waals surface area contributed by atoms with E-state index in [9.17, 15) is 13.2 Å². The van der Waals surface area contributed by atoms with Crippen molar-refractivity contribution in [2.45, 2.75) is 32.5 Å². The number of hydrogen-bond donors (Lipinski definition) is 1. The molecule has 0 saturated heterocycles. The van der Waals surface area contributed by atoms with Crippen LogP contribution in [0.5, 0.6) is 11.6 Å². The average Bonchev–Trinajstić information content (AvgIpc) is 2.77. The Hall–Kier alpha value is -3.17. The van der Waals surface area contributed by atoms with E-state index in [0.717, 1.165) is 23.3 Å². The van der Waals surface area contributed by atoms with E-state index in [-0.39, 0.29) is 22.8 Å². The summed E-state index contributed by atoms with van der Waals surface area (Å²) in [7, 11) is 0. The second kappa shape index (κ2) is 9.36. The highest BCUT2D eigenvalue weighted by molar-refractivity contribution is 6.29. The molecule has 0 radical (unpaired) electrons. The van der Waals surface area contributed by atoms with E-state index >= 15 is 0 Å². The molecule has 6 nitrogen and oxygen atoms in total. The summed E-state index contributed by atoms with van der Waals surface area (Å²) in [6.45, 7) is 4.42. The maximum Gasteiger partial charge on any atom is 0.416 e. The van der Waals surface area contributed by atoms with Gasteiger partial charge in [0, 0.05) is 0 Å². The van der Waals surface area contributed by atoms with Crippen LogP contribution >= 0.6 is 11.6 Å². The van der Waals surface area contributed by atoms with Gasteiger partial charge in [-0.15, -0.1) is 10.2 Å². The average molecular weight is 477 g/mol. The standard InChI is InChI=1S/C23H20ClF3N4O2/c1-13-6-7-15(14(2)8-13)9-17-12-32-31-21(28-17)19-11-20(24)29-30-22(19)33-18-5-3-4-16(10-18)23(25,26)27/h3-8,10-11,17H,9,12H2,1-2H3,(H,28,31). The van der Waals surface area contributed by atoms with Crippen molar-refractivity contribution in [3.8, 4) is 11.6 Å². The first-order valence-electron chi connectivity index (χ1n) is 10.1. The maximum atomic E-state index is 13.1. The normalized spacial score (nSPS) is 16.2. The highest BCUT2D eigenvalue weighted by Crippen LogP contribution is 2.33. The number of halogens is 4. The van der Waals surface area contributed by atoms with E-state index in [1.54, 1.807) is 0 Å². The fourth-order valence-electron chi connectivity index (χ4n) is 3.46. The molecule has 1 aliphatic heterocycles. The second-order valence-electron chi connectivity index (χ2n) is 7.69. The lowest BCUT2D eigenvalue weighted by Gasteiger charge is -2.23. The number of alkyl halides is 3. The van der Waals surface area contributed by atoms with Gasteiger partial charge in [0.25, 0.3) is 0 Å². The Balaban J connectivity index is 1.62. The van der Waals surface area contributed by atoms with Crippen molar-refractivity contribution >= 4 is 17.4 Å².